The van der Waals surface area contributed by atoms with E-state index in [-0.39, 0.29) is 13.2 Å². The first-order valence-electron chi connectivity index (χ1n) is 7.70. The topological polar surface area (TPSA) is 65.7 Å². The molecule has 134 valence electrons. The maximum Gasteiger partial charge on any atom is 0.344 e. The molecule has 0 aliphatic carbocycles. The van der Waals surface area contributed by atoms with Crippen LogP contribution in [0.2, 0.25) is 10.0 Å². The molecule has 0 aliphatic rings. The van der Waals surface area contributed by atoms with Gasteiger partial charge in [0.05, 0.1) is 5.02 Å². The number of hydrogen-bond donors (Lipinski definition) is 0. The molecule has 0 unspecified atom stereocenters. The highest BCUT2D eigenvalue weighted by Crippen LogP contribution is 2.26. The molecule has 2 aromatic carbocycles. The Hall–Kier alpha value is -2.50. The first kappa shape index (κ1) is 18.3. The van der Waals surface area contributed by atoms with Gasteiger partial charge in [-0.25, -0.2) is 9.59 Å². The third-order valence-corrected chi connectivity index (χ3v) is 4.40. The number of ether oxygens (including phenoxy) is 2. The average Bonchev–Trinajstić information content (AvgIpc) is 2.60. The summed E-state index contributed by atoms with van der Waals surface area (Å²) >= 11 is 12.1. The van der Waals surface area contributed by atoms with Crippen LogP contribution in [0, 0.1) is 6.92 Å². The normalized spacial score (nSPS) is 10.7. The molecule has 26 heavy (non-hydrogen) atoms. The molecule has 5 nitrogen and oxygen atoms in total. The lowest BCUT2D eigenvalue weighted by Crippen LogP contribution is -2.15. The number of carbonyl (C=O) groups is 1. The molecule has 0 saturated heterocycles. The molecule has 0 atom stereocenters. The Labute approximate surface area is 159 Å². The maximum absolute atomic E-state index is 11.9. The summed E-state index contributed by atoms with van der Waals surface area (Å²) in [5.74, 6) is -0.205. The maximum atomic E-state index is 11.9. The van der Waals surface area contributed by atoms with Crippen molar-refractivity contribution < 1.29 is 18.7 Å². The first-order valence-corrected chi connectivity index (χ1v) is 8.45. The first-order chi connectivity index (χ1) is 12.4. The number of carbonyl (C=O) groups excluding carboxylic acids is 1. The highest BCUT2D eigenvalue weighted by Gasteiger charge is 2.12. The highest BCUT2D eigenvalue weighted by molar-refractivity contribution is 6.32. The summed E-state index contributed by atoms with van der Waals surface area (Å²) in [5.41, 5.74) is 1.14. The predicted molar refractivity (Wildman–Crippen MR) is 99.0 cm³/mol. The number of aryl methyl sites for hydroxylation is 1. The third kappa shape index (κ3) is 4.18. The van der Waals surface area contributed by atoms with Crippen LogP contribution in [0.3, 0.4) is 0 Å². The number of para-hydroxylation sites is 1. The molecular formula is C19H14Cl2O5. The lowest BCUT2D eigenvalue weighted by molar-refractivity contribution is -0.147. The summed E-state index contributed by atoms with van der Waals surface area (Å²) in [7, 11) is 0. The largest absolute Gasteiger partial charge is 0.480 e. The number of halogens is 2. The molecule has 0 radical (unpaired) electrons. The van der Waals surface area contributed by atoms with Gasteiger partial charge in [0.2, 0.25) is 0 Å². The van der Waals surface area contributed by atoms with Gasteiger partial charge < -0.3 is 13.9 Å². The second kappa shape index (κ2) is 7.81. The Morgan fingerprint density at radius 2 is 1.88 bits per heavy atom. The Balaban J connectivity index is 1.71. The zero-order chi connectivity index (χ0) is 18.7. The summed E-state index contributed by atoms with van der Waals surface area (Å²) < 4.78 is 15.7. The van der Waals surface area contributed by atoms with Gasteiger partial charge in [0.15, 0.2) is 6.61 Å². The van der Waals surface area contributed by atoms with Crippen molar-refractivity contribution in [3.63, 3.8) is 0 Å². The second-order valence-electron chi connectivity index (χ2n) is 5.57. The molecule has 1 heterocycles. The van der Waals surface area contributed by atoms with E-state index >= 15 is 0 Å². The van der Waals surface area contributed by atoms with Crippen molar-refractivity contribution in [3.05, 3.63) is 74.1 Å². The Bertz CT molecular complexity index is 1030. The van der Waals surface area contributed by atoms with Gasteiger partial charge in [-0.05, 0) is 36.8 Å². The molecule has 0 N–H and O–H groups in total. The van der Waals surface area contributed by atoms with Gasteiger partial charge in [-0.3, -0.25) is 0 Å². The van der Waals surface area contributed by atoms with Crippen LogP contribution in [0.4, 0.5) is 0 Å². The monoisotopic (exact) mass is 392 g/mol. The fourth-order valence-corrected chi connectivity index (χ4v) is 2.72. The Morgan fingerprint density at radius 1 is 1.12 bits per heavy atom. The number of esters is 1. The number of benzene rings is 2. The molecular weight excluding hydrogens is 379 g/mol. The summed E-state index contributed by atoms with van der Waals surface area (Å²) in [5, 5.41) is 1.54. The van der Waals surface area contributed by atoms with Crippen molar-refractivity contribution in [1.82, 2.24) is 0 Å². The molecule has 0 amide bonds. The van der Waals surface area contributed by atoms with Crippen LogP contribution >= 0.6 is 23.2 Å². The van der Waals surface area contributed by atoms with Crippen LogP contribution < -0.4 is 10.4 Å². The standard InChI is InChI=1S/C19H14Cl2O5/c1-11-6-17-13(8-15(11)21)12(7-18(22)26-17)9-25-19(23)10-24-16-5-3-2-4-14(16)20/h2-8H,9-10H2,1H3. The number of fused-ring (bicyclic) bond motifs is 1. The molecule has 3 aromatic rings. The Kier molecular flexibility index (Phi) is 5.49. The van der Waals surface area contributed by atoms with E-state index in [9.17, 15) is 9.59 Å². The van der Waals surface area contributed by atoms with Gasteiger partial charge in [-0.1, -0.05) is 35.3 Å². The molecule has 0 fully saturated rings. The van der Waals surface area contributed by atoms with Crippen LogP contribution in [0.5, 0.6) is 5.75 Å². The SMILES string of the molecule is Cc1cc2oc(=O)cc(COC(=O)COc3ccccc3Cl)c2cc1Cl. The highest BCUT2D eigenvalue weighted by atomic mass is 35.5. The van der Waals surface area contributed by atoms with Crippen LogP contribution in [-0.2, 0) is 16.1 Å². The zero-order valence-electron chi connectivity index (χ0n) is 13.8. The van der Waals surface area contributed by atoms with E-state index < -0.39 is 11.6 Å². The van der Waals surface area contributed by atoms with E-state index in [2.05, 4.69) is 0 Å². The summed E-state index contributed by atoms with van der Waals surface area (Å²) in [6, 6.07) is 11.4. The molecule has 0 bridgehead atoms. The third-order valence-electron chi connectivity index (χ3n) is 3.68. The van der Waals surface area contributed by atoms with Crippen molar-refractivity contribution in [1.29, 1.82) is 0 Å². The van der Waals surface area contributed by atoms with Crippen molar-refractivity contribution in [2.45, 2.75) is 13.5 Å². The van der Waals surface area contributed by atoms with Gasteiger partial charge in [-0.2, -0.15) is 0 Å². The van der Waals surface area contributed by atoms with Gasteiger partial charge in [-0.15, -0.1) is 0 Å². The summed E-state index contributed by atoms with van der Waals surface area (Å²) in [4.78, 5) is 23.6. The minimum absolute atomic E-state index is 0.105. The van der Waals surface area contributed by atoms with E-state index in [1.54, 1.807) is 43.3 Å². The fourth-order valence-electron chi connectivity index (χ4n) is 2.37. The van der Waals surface area contributed by atoms with E-state index in [0.29, 0.717) is 32.3 Å². The molecule has 7 heteroatoms. The molecule has 0 spiro atoms. The summed E-state index contributed by atoms with van der Waals surface area (Å²) in [6.45, 7) is 1.40. The molecule has 1 aromatic heterocycles. The molecule has 0 aliphatic heterocycles. The number of hydrogen-bond acceptors (Lipinski definition) is 5. The van der Waals surface area contributed by atoms with E-state index in [4.69, 9.17) is 37.1 Å². The van der Waals surface area contributed by atoms with E-state index in [1.165, 1.54) is 6.07 Å². The lowest BCUT2D eigenvalue weighted by Gasteiger charge is -2.10. The van der Waals surface area contributed by atoms with Gasteiger partial charge in [0, 0.05) is 22.0 Å². The smallest absolute Gasteiger partial charge is 0.344 e. The van der Waals surface area contributed by atoms with Crippen LogP contribution in [0.25, 0.3) is 11.0 Å². The second-order valence-corrected chi connectivity index (χ2v) is 6.38. The van der Waals surface area contributed by atoms with Gasteiger partial charge in [0.1, 0.15) is 17.9 Å². The molecule has 0 saturated carbocycles. The minimum atomic E-state index is -0.593. The van der Waals surface area contributed by atoms with Crippen LogP contribution in [0.1, 0.15) is 11.1 Å². The van der Waals surface area contributed by atoms with Crippen molar-refractivity contribution >= 4 is 40.1 Å². The number of rotatable bonds is 5. The van der Waals surface area contributed by atoms with Gasteiger partial charge in [0.25, 0.3) is 0 Å². The quantitative estimate of drug-likeness (QED) is 0.471. The average molecular weight is 393 g/mol. The predicted octanol–water partition coefficient (Wildman–Crippen LogP) is 4.53. The zero-order valence-corrected chi connectivity index (χ0v) is 15.3. The van der Waals surface area contributed by atoms with Crippen LogP contribution in [-0.4, -0.2) is 12.6 Å². The lowest BCUT2D eigenvalue weighted by atomic mass is 10.1. The minimum Gasteiger partial charge on any atom is -0.480 e. The van der Waals surface area contributed by atoms with Crippen molar-refractivity contribution in [2.24, 2.45) is 0 Å². The molecule has 3 rings (SSSR count). The van der Waals surface area contributed by atoms with Crippen LogP contribution in [0.15, 0.2) is 51.7 Å². The van der Waals surface area contributed by atoms with E-state index in [1.807, 2.05) is 0 Å². The summed E-state index contributed by atoms with van der Waals surface area (Å²) in [6.07, 6.45) is 0. The van der Waals surface area contributed by atoms with Crippen molar-refractivity contribution in [3.8, 4) is 5.75 Å². The van der Waals surface area contributed by atoms with E-state index in [0.717, 1.165) is 5.56 Å². The van der Waals surface area contributed by atoms with Crippen molar-refractivity contribution in [2.75, 3.05) is 6.61 Å². The fraction of sp³-hybridized carbons (Fsp3) is 0.158. The Morgan fingerprint density at radius 3 is 2.65 bits per heavy atom. The van der Waals surface area contributed by atoms with Gasteiger partial charge >= 0.3 is 11.6 Å².